The highest BCUT2D eigenvalue weighted by atomic mass is 32.2. The van der Waals surface area contributed by atoms with Gasteiger partial charge in [-0.15, -0.1) is 0 Å². The van der Waals surface area contributed by atoms with E-state index < -0.39 is 0 Å². The van der Waals surface area contributed by atoms with E-state index in [9.17, 15) is 0 Å². The van der Waals surface area contributed by atoms with Crippen LogP contribution in [0.15, 0.2) is 18.2 Å². The topological polar surface area (TPSA) is 53.7 Å². The largest absolute Gasteiger partial charge is 0.493 e. The van der Waals surface area contributed by atoms with Gasteiger partial charge in [-0.25, -0.2) is 0 Å². The zero-order valence-corrected chi connectivity index (χ0v) is 13.3. The first kappa shape index (κ1) is 15.0. The number of hydrogen-bond acceptors (Lipinski definition) is 5. The molecule has 2 aliphatic heterocycles. The highest BCUT2D eigenvalue weighted by molar-refractivity contribution is 7.99. The van der Waals surface area contributed by atoms with Gasteiger partial charge in [-0.1, -0.05) is 12.1 Å². The fraction of sp³-hybridized carbons (Fsp3) is 0.625. The lowest BCUT2D eigenvalue weighted by Crippen LogP contribution is -2.44. The predicted molar refractivity (Wildman–Crippen MR) is 85.2 cm³/mol. The van der Waals surface area contributed by atoms with Crippen molar-refractivity contribution in [2.75, 3.05) is 25.2 Å². The van der Waals surface area contributed by atoms with Crippen LogP contribution in [0.4, 0.5) is 0 Å². The van der Waals surface area contributed by atoms with Gasteiger partial charge in [0, 0.05) is 30.7 Å². The Kier molecular flexibility index (Phi) is 4.62. The van der Waals surface area contributed by atoms with Gasteiger partial charge in [0.1, 0.15) is 6.10 Å². The SMILES string of the molecule is COc1cccc(CN)c1OC1CCOC2(CCSC2)C1. The van der Waals surface area contributed by atoms with E-state index in [0.29, 0.717) is 6.54 Å². The Morgan fingerprint density at radius 2 is 2.38 bits per heavy atom. The molecule has 2 N–H and O–H groups in total. The van der Waals surface area contributed by atoms with E-state index in [1.807, 2.05) is 30.0 Å². The average molecular weight is 309 g/mol. The van der Waals surface area contributed by atoms with Gasteiger partial charge < -0.3 is 19.9 Å². The molecular weight excluding hydrogens is 286 g/mol. The van der Waals surface area contributed by atoms with E-state index in [1.165, 1.54) is 5.75 Å². The number of para-hydroxylation sites is 1. The second-order valence-electron chi connectivity index (χ2n) is 5.72. The van der Waals surface area contributed by atoms with Crippen LogP contribution in [0.25, 0.3) is 0 Å². The average Bonchev–Trinajstić information content (AvgIpc) is 2.95. The first-order valence-electron chi connectivity index (χ1n) is 7.51. The van der Waals surface area contributed by atoms with Crippen LogP contribution in [0, 0.1) is 0 Å². The highest BCUT2D eigenvalue weighted by Gasteiger charge is 2.41. The van der Waals surface area contributed by atoms with Crippen molar-refractivity contribution in [2.24, 2.45) is 5.73 Å². The Bertz CT molecular complexity index is 466. The number of benzene rings is 1. The lowest BCUT2D eigenvalue weighted by molar-refractivity contribution is -0.0963. The van der Waals surface area contributed by atoms with Crippen LogP contribution < -0.4 is 15.2 Å². The molecule has 21 heavy (non-hydrogen) atoms. The lowest BCUT2D eigenvalue weighted by atomic mass is 9.91. The van der Waals surface area contributed by atoms with Crippen molar-refractivity contribution in [3.8, 4) is 11.5 Å². The maximum absolute atomic E-state index is 6.29. The second-order valence-corrected chi connectivity index (χ2v) is 6.82. The third kappa shape index (κ3) is 3.15. The summed E-state index contributed by atoms with van der Waals surface area (Å²) < 4.78 is 17.8. The summed E-state index contributed by atoms with van der Waals surface area (Å²) >= 11 is 1.98. The zero-order chi connectivity index (χ0) is 14.7. The minimum Gasteiger partial charge on any atom is -0.493 e. The summed E-state index contributed by atoms with van der Waals surface area (Å²) in [5.74, 6) is 3.84. The highest BCUT2D eigenvalue weighted by Crippen LogP contribution is 2.41. The molecular formula is C16H23NO3S. The van der Waals surface area contributed by atoms with Crippen molar-refractivity contribution in [1.82, 2.24) is 0 Å². The standard InChI is InChI=1S/C16H23NO3S/c1-18-14-4-2-3-12(10-17)15(14)20-13-5-7-19-16(9-13)6-8-21-11-16/h2-4,13H,5-11,17H2,1H3. The third-order valence-electron chi connectivity index (χ3n) is 4.30. The van der Waals surface area contributed by atoms with E-state index in [0.717, 1.165) is 48.7 Å². The molecule has 2 unspecified atom stereocenters. The quantitative estimate of drug-likeness (QED) is 0.926. The molecule has 0 aromatic heterocycles. The summed E-state index contributed by atoms with van der Waals surface area (Å²) in [6.07, 6.45) is 3.20. The number of thioether (sulfide) groups is 1. The van der Waals surface area contributed by atoms with Crippen LogP contribution in [0.1, 0.15) is 24.8 Å². The Morgan fingerprint density at radius 3 is 3.10 bits per heavy atom. The summed E-state index contributed by atoms with van der Waals surface area (Å²) in [4.78, 5) is 0. The Hall–Kier alpha value is -0.910. The van der Waals surface area contributed by atoms with Crippen LogP contribution >= 0.6 is 11.8 Å². The van der Waals surface area contributed by atoms with E-state index in [1.54, 1.807) is 7.11 Å². The van der Waals surface area contributed by atoms with Gasteiger partial charge in [0.25, 0.3) is 0 Å². The Morgan fingerprint density at radius 1 is 1.48 bits per heavy atom. The van der Waals surface area contributed by atoms with Crippen molar-refractivity contribution in [3.05, 3.63) is 23.8 Å². The molecule has 0 aliphatic carbocycles. The molecule has 0 amide bonds. The summed E-state index contributed by atoms with van der Waals surface area (Å²) in [6, 6.07) is 5.88. The Labute approximate surface area is 130 Å². The van der Waals surface area contributed by atoms with Gasteiger partial charge in [-0.2, -0.15) is 11.8 Å². The van der Waals surface area contributed by atoms with E-state index in [2.05, 4.69) is 0 Å². The van der Waals surface area contributed by atoms with Crippen LogP contribution in [-0.4, -0.2) is 36.9 Å². The molecule has 2 fully saturated rings. The van der Waals surface area contributed by atoms with E-state index in [-0.39, 0.29) is 11.7 Å². The van der Waals surface area contributed by atoms with Gasteiger partial charge in [0.15, 0.2) is 11.5 Å². The number of hydrogen-bond donors (Lipinski definition) is 1. The molecule has 5 heteroatoms. The van der Waals surface area contributed by atoms with Gasteiger partial charge in [0.05, 0.1) is 19.3 Å². The summed E-state index contributed by atoms with van der Waals surface area (Å²) in [6.45, 7) is 1.23. The number of methoxy groups -OCH3 is 1. The number of nitrogens with two attached hydrogens (primary N) is 1. The van der Waals surface area contributed by atoms with Crippen molar-refractivity contribution in [3.63, 3.8) is 0 Å². The maximum atomic E-state index is 6.29. The molecule has 116 valence electrons. The molecule has 1 spiro atoms. The molecule has 2 heterocycles. The minimum atomic E-state index is 0.0263. The van der Waals surface area contributed by atoms with E-state index >= 15 is 0 Å². The first-order valence-corrected chi connectivity index (χ1v) is 8.66. The van der Waals surface area contributed by atoms with Gasteiger partial charge >= 0.3 is 0 Å². The summed E-state index contributed by atoms with van der Waals surface area (Å²) in [5, 5.41) is 0. The molecule has 0 saturated carbocycles. The normalized spacial score (nSPS) is 28.8. The number of rotatable bonds is 4. The molecule has 1 aromatic carbocycles. The Balaban J connectivity index is 1.77. The molecule has 1 aromatic rings. The fourth-order valence-electron chi connectivity index (χ4n) is 3.13. The molecule has 2 saturated heterocycles. The van der Waals surface area contributed by atoms with Crippen molar-refractivity contribution in [1.29, 1.82) is 0 Å². The smallest absolute Gasteiger partial charge is 0.166 e. The fourth-order valence-corrected chi connectivity index (χ4v) is 4.51. The van der Waals surface area contributed by atoms with Gasteiger partial charge in [-0.05, 0) is 18.2 Å². The first-order chi connectivity index (χ1) is 10.3. The van der Waals surface area contributed by atoms with Gasteiger partial charge in [-0.3, -0.25) is 0 Å². The van der Waals surface area contributed by atoms with Crippen LogP contribution in [0.5, 0.6) is 11.5 Å². The third-order valence-corrected chi connectivity index (χ3v) is 5.52. The number of ether oxygens (including phenoxy) is 3. The van der Waals surface area contributed by atoms with Crippen molar-refractivity contribution < 1.29 is 14.2 Å². The van der Waals surface area contributed by atoms with Crippen LogP contribution in [-0.2, 0) is 11.3 Å². The monoisotopic (exact) mass is 309 g/mol. The minimum absolute atomic E-state index is 0.0263. The summed E-state index contributed by atoms with van der Waals surface area (Å²) in [5.41, 5.74) is 6.85. The predicted octanol–water partition coefficient (Wildman–Crippen LogP) is 2.59. The molecule has 2 atom stereocenters. The van der Waals surface area contributed by atoms with Crippen molar-refractivity contribution in [2.45, 2.75) is 37.5 Å². The van der Waals surface area contributed by atoms with Crippen molar-refractivity contribution >= 4 is 11.8 Å². The molecule has 3 rings (SSSR count). The maximum Gasteiger partial charge on any atom is 0.166 e. The lowest BCUT2D eigenvalue weighted by Gasteiger charge is -2.38. The molecule has 0 radical (unpaired) electrons. The molecule has 0 bridgehead atoms. The van der Waals surface area contributed by atoms with Crippen LogP contribution in [0.3, 0.4) is 0 Å². The zero-order valence-electron chi connectivity index (χ0n) is 12.5. The molecule has 2 aliphatic rings. The van der Waals surface area contributed by atoms with E-state index in [4.69, 9.17) is 19.9 Å². The van der Waals surface area contributed by atoms with Gasteiger partial charge in [0.2, 0.25) is 0 Å². The second kappa shape index (κ2) is 6.46. The molecule has 4 nitrogen and oxygen atoms in total. The van der Waals surface area contributed by atoms with Crippen LogP contribution in [0.2, 0.25) is 0 Å². The summed E-state index contributed by atoms with van der Waals surface area (Å²) in [7, 11) is 1.67.